The molecule has 3 saturated carbocycles. The summed E-state index contributed by atoms with van der Waals surface area (Å²) < 4.78 is 0. The van der Waals surface area contributed by atoms with Gasteiger partial charge < -0.3 is 5.73 Å². The fraction of sp³-hybridized carbons (Fsp3) is 0.905. The molecule has 0 amide bonds. The van der Waals surface area contributed by atoms with Crippen LogP contribution in [0.4, 0.5) is 0 Å². The highest BCUT2D eigenvalue weighted by Gasteiger charge is 2.57. The molecule has 7 atom stereocenters. The molecule has 0 aromatic heterocycles. The van der Waals surface area contributed by atoms with Crippen molar-refractivity contribution in [3.63, 3.8) is 0 Å². The first-order valence-electron chi connectivity index (χ1n) is 9.94. The number of nitrogens with two attached hydrogens (primary N) is 1. The van der Waals surface area contributed by atoms with Gasteiger partial charge in [0, 0.05) is 6.04 Å². The number of hydrogen-bond donors (Lipinski definition) is 1. The van der Waals surface area contributed by atoms with Gasteiger partial charge in [-0.1, -0.05) is 38.8 Å². The lowest BCUT2D eigenvalue weighted by atomic mass is 9.47. The maximum atomic E-state index is 6.27. The summed E-state index contributed by atoms with van der Waals surface area (Å²) in [5, 5.41) is 0. The van der Waals surface area contributed by atoms with Gasteiger partial charge in [-0.2, -0.15) is 0 Å². The van der Waals surface area contributed by atoms with E-state index in [1.54, 1.807) is 5.57 Å². The Balaban J connectivity index is 1.66. The molecule has 1 nitrogen and oxygen atoms in total. The van der Waals surface area contributed by atoms with Gasteiger partial charge in [-0.05, 0) is 85.9 Å². The molecule has 22 heavy (non-hydrogen) atoms. The zero-order chi connectivity index (χ0) is 15.5. The molecule has 1 heteroatoms. The number of allylic oxidation sites excluding steroid dienone is 1. The topological polar surface area (TPSA) is 26.0 Å². The van der Waals surface area contributed by atoms with Gasteiger partial charge in [0.2, 0.25) is 0 Å². The van der Waals surface area contributed by atoms with Gasteiger partial charge >= 0.3 is 0 Å². The standard InChI is InChI=1S/C21H35N/c1-4-14-6-8-18-17-7-5-15-13-16(22)9-11-21(15,3)19(17)10-12-20(14,18)2/h5,14,16-19H,4,6-13,22H2,1-3H3/t14-,16?,17-,18-,19-,20+,21-/m0/s1. The molecule has 4 aliphatic carbocycles. The van der Waals surface area contributed by atoms with Crippen LogP contribution in [0.2, 0.25) is 0 Å². The van der Waals surface area contributed by atoms with Gasteiger partial charge in [0.05, 0.1) is 0 Å². The summed E-state index contributed by atoms with van der Waals surface area (Å²) in [5.74, 6) is 3.92. The largest absolute Gasteiger partial charge is 0.327 e. The molecule has 0 aliphatic heterocycles. The Hall–Kier alpha value is -0.300. The van der Waals surface area contributed by atoms with E-state index in [0.29, 0.717) is 16.9 Å². The van der Waals surface area contributed by atoms with Crippen LogP contribution in [0.3, 0.4) is 0 Å². The first kappa shape index (κ1) is 15.2. The summed E-state index contributed by atoms with van der Waals surface area (Å²) >= 11 is 0. The van der Waals surface area contributed by atoms with Crippen LogP contribution in [0.15, 0.2) is 11.6 Å². The normalized spacial score (nSPS) is 54.2. The quantitative estimate of drug-likeness (QED) is 0.653. The van der Waals surface area contributed by atoms with Crippen molar-refractivity contribution in [1.29, 1.82) is 0 Å². The van der Waals surface area contributed by atoms with E-state index in [9.17, 15) is 0 Å². The van der Waals surface area contributed by atoms with Gasteiger partial charge in [-0.25, -0.2) is 0 Å². The predicted octanol–water partition coefficient (Wildman–Crippen LogP) is 5.30. The maximum absolute atomic E-state index is 6.27. The first-order chi connectivity index (χ1) is 10.5. The third-order valence-electron chi connectivity index (χ3n) is 8.83. The molecule has 0 aromatic carbocycles. The van der Waals surface area contributed by atoms with E-state index in [0.717, 1.165) is 23.7 Å². The molecule has 2 N–H and O–H groups in total. The Labute approximate surface area is 137 Å². The minimum atomic E-state index is 0.431. The third kappa shape index (κ3) is 1.93. The molecule has 124 valence electrons. The van der Waals surface area contributed by atoms with Crippen LogP contribution in [0.1, 0.15) is 78.6 Å². The van der Waals surface area contributed by atoms with Crippen molar-refractivity contribution in [1.82, 2.24) is 0 Å². The van der Waals surface area contributed by atoms with E-state index in [2.05, 4.69) is 26.8 Å². The number of rotatable bonds is 1. The molecule has 0 bridgehead atoms. The van der Waals surface area contributed by atoms with Crippen LogP contribution < -0.4 is 5.73 Å². The molecule has 4 aliphatic rings. The average molecular weight is 302 g/mol. The SMILES string of the molecule is CC[C@H]1CC[C@H]2[C@@H]3CC=C4CC(N)CC[C@]4(C)[C@H]3CC[C@]12C. The van der Waals surface area contributed by atoms with E-state index in [4.69, 9.17) is 5.73 Å². The average Bonchev–Trinajstić information content (AvgIpc) is 2.84. The van der Waals surface area contributed by atoms with Gasteiger partial charge in [-0.3, -0.25) is 0 Å². The molecule has 0 heterocycles. The minimum absolute atomic E-state index is 0.431. The van der Waals surface area contributed by atoms with Gasteiger partial charge in [0.15, 0.2) is 0 Å². The fourth-order valence-corrected chi connectivity index (χ4v) is 7.47. The predicted molar refractivity (Wildman–Crippen MR) is 93.5 cm³/mol. The smallest absolute Gasteiger partial charge is 0.00766 e. The minimum Gasteiger partial charge on any atom is -0.327 e. The molecule has 1 unspecified atom stereocenters. The molecule has 3 fully saturated rings. The Morgan fingerprint density at radius 1 is 1.09 bits per heavy atom. The van der Waals surface area contributed by atoms with Crippen LogP contribution in [0, 0.1) is 34.5 Å². The maximum Gasteiger partial charge on any atom is 0.00766 e. The van der Waals surface area contributed by atoms with E-state index in [-0.39, 0.29) is 0 Å². The van der Waals surface area contributed by atoms with Crippen LogP contribution in [0.25, 0.3) is 0 Å². The van der Waals surface area contributed by atoms with Crippen LogP contribution >= 0.6 is 0 Å². The summed E-state index contributed by atoms with van der Waals surface area (Å²) in [7, 11) is 0. The molecule has 0 spiro atoms. The molecule has 4 rings (SSSR count). The Bertz CT molecular complexity index is 480. The highest BCUT2D eigenvalue weighted by atomic mass is 14.7. The van der Waals surface area contributed by atoms with Crippen LogP contribution in [0.5, 0.6) is 0 Å². The fourth-order valence-electron chi connectivity index (χ4n) is 7.47. The van der Waals surface area contributed by atoms with Crippen molar-refractivity contribution in [3.05, 3.63) is 11.6 Å². The molecule has 0 aromatic rings. The second-order valence-electron chi connectivity index (χ2n) is 9.49. The van der Waals surface area contributed by atoms with Gasteiger partial charge in [-0.15, -0.1) is 0 Å². The number of fused-ring (bicyclic) bond motifs is 5. The van der Waals surface area contributed by atoms with Crippen LogP contribution in [-0.4, -0.2) is 6.04 Å². The zero-order valence-electron chi connectivity index (χ0n) is 14.9. The second-order valence-corrected chi connectivity index (χ2v) is 9.49. The summed E-state index contributed by atoms with van der Waals surface area (Å²) in [4.78, 5) is 0. The van der Waals surface area contributed by atoms with Crippen molar-refractivity contribution in [2.24, 2.45) is 40.2 Å². The lowest BCUT2D eigenvalue weighted by Crippen LogP contribution is -2.50. The monoisotopic (exact) mass is 301 g/mol. The molecular weight excluding hydrogens is 266 g/mol. The van der Waals surface area contributed by atoms with E-state index >= 15 is 0 Å². The Morgan fingerprint density at radius 3 is 2.68 bits per heavy atom. The summed E-state index contributed by atoms with van der Waals surface area (Å²) in [6.45, 7) is 7.66. The van der Waals surface area contributed by atoms with Crippen molar-refractivity contribution in [2.75, 3.05) is 0 Å². The molecule has 0 saturated heterocycles. The van der Waals surface area contributed by atoms with E-state index in [1.165, 1.54) is 57.8 Å². The highest BCUT2D eigenvalue weighted by Crippen LogP contribution is 2.66. The lowest BCUT2D eigenvalue weighted by Gasteiger charge is -2.58. The Kier molecular flexibility index (Phi) is 3.53. The van der Waals surface area contributed by atoms with Gasteiger partial charge in [0.1, 0.15) is 0 Å². The van der Waals surface area contributed by atoms with Crippen molar-refractivity contribution in [2.45, 2.75) is 84.6 Å². The summed E-state index contributed by atoms with van der Waals surface area (Å²) in [6.07, 6.45) is 15.2. The van der Waals surface area contributed by atoms with Crippen LogP contribution in [-0.2, 0) is 0 Å². The van der Waals surface area contributed by atoms with Crippen molar-refractivity contribution in [3.8, 4) is 0 Å². The molecular formula is C21H35N. The summed E-state index contributed by atoms with van der Waals surface area (Å²) in [6, 6.07) is 0.431. The highest BCUT2D eigenvalue weighted by molar-refractivity contribution is 5.25. The Morgan fingerprint density at radius 2 is 1.91 bits per heavy atom. The van der Waals surface area contributed by atoms with E-state index in [1.807, 2.05) is 0 Å². The second kappa shape index (κ2) is 5.10. The van der Waals surface area contributed by atoms with Gasteiger partial charge in [0.25, 0.3) is 0 Å². The van der Waals surface area contributed by atoms with Crippen molar-refractivity contribution >= 4 is 0 Å². The summed E-state index contributed by atoms with van der Waals surface area (Å²) in [5.41, 5.74) is 9.15. The zero-order valence-corrected chi connectivity index (χ0v) is 14.9. The third-order valence-corrected chi connectivity index (χ3v) is 8.83. The molecule has 0 radical (unpaired) electrons. The van der Waals surface area contributed by atoms with E-state index < -0.39 is 0 Å². The number of hydrogen-bond acceptors (Lipinski definition) is 1. The van der Waals surface area contributed by atoms with Crippen molar-refractivity contribution < 1.29 is 0 Å². The first-order valence-corrected chi connectivity index (χ1v) is 9.94. The lowest BCUT2D eigenvalue weighted by molar-refractivity contribution is -0.0424.